The van der Waals surface area contributed by atoms with Crippen LogP contribution in [0.25, 0.3) is 0 Å². The number of fused-ring (bicyclic) bond motifs is 2. The Morgan fingerprint density at radius 1 is 1.19 bits per heavy atom. The normalized spacial score (nSPS) is 35.6. The fraction of sp³-hybridized carbons (Fsp3) is 1.00. The van der Waals surface area contributed by atoms with Crippen LogP contribution in [0.2, 0.25) is 0 Å². The molecule has 0 spiro atoms. The predicted octanol–water partition coefficient (Wildman–Crippen LogP) is 1.68. The summed E-state index contributed by atoms with van der Waals surface area (Å²) in [7, 11) is -3.12. The van der Waals surface area contributed by atoms with E-state index in [2.05, 4.69) is 4.72 Å². The molecule has 2 bridgehead atoms. The third-order valence-corrected chi connectivity index (χ3v) is 7.15. The van der Waals surface area contributed by atoms with Crippen LogP contribution < -0.4 is 4.72 Å². The van der Waals surface area contributed by atoms with Gasteiger partial charge in [-0.2, -0.15) is 0 Å². The van der Waals surface area contributed by atoms with Gasteiger partial charge in [0.15, 0.2) is 0 Å². The summed E-state index contributed by atoms with van der Waals surface area (Å²) in [4.78, 5) is 0. The second-order valence-electron chi connectivity index (χ2n) is 6.72. The lowest BCUT2D eigenvalue weighted by Gasteiger charge is -2.22. The van der Waals surface area contributed by atoms with Crippen molar-refractivity contribution in [2.45, 2.75) is 56.3 Å². The van der Waals surface area contributed by atoms with Crippen LogP contribution in [0.1, 0.15) is 44.9 Å². The maximum atomic E-state index is 12.3. The van der Waals surface area contributed by atoms with Crippen molar-refractivity contribution < 1.29 is 17.9 Å². The molecule has 0 amide bonds. The third kappa shape index (κ3) is 3.97. The molecule has 122 valence electrons. The second-order valence-corrected chi connectivity index (χ2v) is 8.70. The lowest BCUT2D eigenvalue weighted by Crippen LogP contribution is -2.38. The van der Waals surface area contributed by atoms with Crippen molar-refractivity contribution in [2.75, 3.05) is 26.4 Å². The Bertz CT molecular complexity index is 433. The molecule has 0 radical (unpaired) electrons. The number of sulfonamides is 1. The lowest BCUT2D eigenvalue weighted by atomic mass is 10.0. The molecule has 21 heavy (non-hydrogen) atoms. The monoisotopic (exact) mass is 317 g/mol. The number of rotatable bonds is 8. The van der Waals surface area contributed by atoms with E-state index >= 15 is 0 Å². The van der Waals surface area contributed by atoms with Crippen molar-refractivity contribution in [1.82, 2.24) is 4.72 Å². The maximum Gasteiger partial charge on any atom is 0.214 e. The van der Waals surface area contributed by atoms with Crippen LogP contribution in [0.5, 0.6) is 0 Å². The van der Waals surface area contributed by atoms with Gasteiger partial charge in [-0.1, -0.05) is 6.42 Å². The average Bonchev–Trinajstić information content (AvgIpc) is 3.19. The minimum atomic E-state index is -3.12. The highest BCUT2D eigenvalue weighted by atomic mass is 32.2. The molecule has 3 aliphatic rings. The summed E-state index contributed by atoms with van der Waals surface area (Å²) in [6.45, 7) is 2.57. The maximum absolute atomic E-state index is 12.3. The first kappa shape index (κ1) is 15.7. The van der Waals surface area contributed by atoms with E-state index in [1.54, 1.807) is 0 Å². The van der Waals surface area contributed by atoms with Crippen molar-refractivity contribution in [3.05, 3.63) is 0 Å². The molecule has 3 fully saturated rings. The van der Waals surface area contributed by atoms with Crippen molar-refractivity contribution in [2.24, 2.45) is 11.8 Å². The second kappa shape index (κ2) is 6.94. The molecule has 6 heteroatoms. The molecule has 2 aliphatic carbocycles. The van der Waals surface area contributed by atoms with E-state index in [-0.39, 0.29) is 11.4 Å². The number of hydrogen-bond donors (Lipinski definition) is 1. The van der Waals surface area contributed by atoms with Gasteiger partial charge in [0.2, 0.25) is 10.0 Å². The van der Waals surface area contributed by atoms with E-state index in [1.165, 1.54) is 6.42 Å². The van der Waals surface area contributed by atoms with Crippen LogP contribution in [0, 0.1) is 11.8 Å². The summed E-state index contributed by atoms with van der Waals surface area (Å²) in [5.41, 5.74) is 0. The average molecular weight is 317 g/mol. The smallest absolute Gasteiger partial charge is 0.214 e. The molecule has 0 unspecified atom stereocenters. The van der Waals surface area contributed by atoms with Crippen LogP contribution in [0.15, 0.2) is 0 Å². The molecule has 0 aromatic heterocycles. The fourth-order valence-corrected chi connectivity index (χ4v) is 5.98. The summed E-state index contributed by atoms with van der Waals surface area (Å²) in [6, 6.07) is 0. The molecule has 3 rings (SSSR count). The summed E-state index contributed by atoms with van der Waals surface area (Å²) in [5, 5.41) is -0.135. The molecule has 1 saturated heterocycles. The fourth-order valence-electron chi connectivity index (χ4n) is 4.05. The summed E-state index contributed by atoms with van der Waals surface area (Å²) < 4.78 is 38.4. The van der Waals surface area contributed by atoms with E-state index < -0.39 is 10.0 Å². The van der Waals surface area contributed by atoms with Crippen LogP contribution >= 0.6 is 0 Å². The molecule has 1 aliphatic heterocycles. The van der Waals surface area contributed by atoms with Crippen molar-refractivity contribution in [3.63, 3.8) is 0 Å². The van der Waals surface area contributed by atoms with Crippen molar-refractivity contribution >= 4 is 10.0 Å². The molecular formula is C15H27NO4S. The zero-order valence-corrected chi connectivity index (χ0v) is 13.4. The Hall–Kier alpha value is -0.170. The van der Waals surface area contributed by atoms with E-state index in [4.69, 9.17) is 9.47 Å². The Labute approximate surface area is 127 Å². The Kier molecular flexibility index (Phi) is 5.19. The van der Waals surface area contributed by atoms with Gasteiger partial charge >= 0.3 is 0 Å². The van der Waals surface area contributed by atoms with Crippen LogP contribution in [-0.2, 0) is 19.5 Å². The standard InChI is InChI=1S/C15H27NO4S/c17-21(18,15-10-12-4-5-13(15)9-12)16-6-2-7-19-11-14-3-1-8-20-14/h12-16H,1-11H2/t12-,13-,14+,15+/m0/s1. The van der Waals surface area contributed by atoms with Gasteiger partial charge in [-0.25, -0.2) is 13.1 Å². The highest BCUT2D eigenvalue weighted by molar-refractivity contribution is 7.90. The first-order valence-electron chi connectivity index (χ1n) is 8.33. The van der Waals surface area contributed by atoms with E-state index in [0.29, 0.717) is 31.6 Å². The van der Waals surface area contributed by atoms with Crippen molar-refractivity contribution in [1.29, 1.82) is 0 Å². The molecular weight excluding hydrogens is 290 g/mol. The number of ether oxygens (including phenoxy) is 2. The first-order chi connectivity index (χ1) is 10.1. The molecule has 0 aromatic rings. The van der Waals surface area contributed by atoms with Gasteiger partial charge in [-0.05, 0) is 50.4 Å². The summed E-state index contributed by atoms with van der Waals surface area (Å²) in [5.74, 6) is 1.06. The number of hydrogen-bond acceptors (Lipinski definition) is 4. The zero-order valence-electron chi connectivity index (χ0n) is 12.6. The highest BCUT2D eigenvalue weighted by Crippen LogP contribution is 2.47. The SMILES string of the molecule is O=S(=O)(NCCCOC[C@H]1CCCO1)[C@@H]1C[C@H]2CC[C@H]1C2. The molecule has 2 saturated carbocycles. The zero-order chi connectivity index (χ0) is 14.7. The van der Waals surface area contributed by atoms with E-state index in [1.807, 2.05) is 0 Å². The van der Waals surface area contributed by atoms with Gasteiger partial charge in [0.25, 0.3) is 0 Å². The molecule has 0 aromatic carbocycles. The van der Waals surface area contributed by atoms with Gasteiger partial charge in [0.05, 0.1) is 18.0 Å². The molecule has 5 nitrogen and oxygen atoms in total. The number of nitrogens with one attached hydrogen (secondary N) is 1. The predicted molar refractivity (Wildman–Crippen MR) is 80.6 cm³/mol. The highest BCUT2D eigenvalue weighted by Gasteiger charge is 2.45. The van der Waals surface area contributed by atoms with Crippen LogP contribution in [0.4, 0.5) is 0 Å². The molecule has 4 atom stereocenters. The first-order valence-corrected chi connectivity index (χ1v) is 9.87. The molecule has 1 N–H and O–H groups in total. The van der Waals surface area contributed by atoms with Gasteiger partial charge in [0.1, 0.15) is 0 Å². The Morgan fingerprint density at radius 3 is 2.76 bits per heavy atom. The quantitative estimate of drug-likeness (QED) is 0.692. The van der Waals surface area contributed by atoms with E-state index in [9.17, 15) is 8.42 Å². The summed E-state index contributed by atoms with van der Waals surface area (Å²) in [6.07, 6.45) is 7.50. The third-order valence-electron chi connectivity index (χ3n) is 5.17. The van der Waals surface area contributed by atoms with E-state index in [0.717, 1.165) is 45.1 Å². The minimum Gasteiger partial charge on any atom is -0.379 e. The summed E-state index contributed by atoms with van der Waals surface area (Å²) >= 11 is 0. The molecule has 1 heterocycles. The lowest BCUT2D eigenvalue weighted by molar-refractivity contribution is 0.0169. The van der Waals surface area contributed by atoms with Gasteiger partial charge in [0, 0.05) is 19.8 Å². The van der Waals surface area contributed by atoms with Crippen LogP contribution in [0.3, 0.4) is 0 Å². The van der Waals surface area contributed by atoms with Gasteiger partial charge < -0.3 is 9.47 Å². The van der Waals surface area contributed by atoms with Crippen molar-refractivity contribution in [3.8, 4) is 0 Å². The van der Waals surface area contributed by atoms with Gasteiger partial charge in [-0.15, -0.1) is 0 Å². The van der Waals surface area contributed by atoms with Crippen LogP contribution in [-0.4, -0.2) is 46.1 Å². The Morgan fingerprint density at radius 2 is 2.10 bits per heavy atom. The van der Waals surface area contributed by atoms with Gasteiger partial charge in [-0.3, -0.25) is 0 Å². The largest absolute Gasteiger partial charge is 0.379 e. The Balaban J connectivity index is 1.29. The minimum absolute atomic E-state index is 0.135. The topological polar surface area (TPSA) is 64.6 Å².